The number of allylic oxidation sites excluding steroid dienone is 1. The van der Waals surface area contributed by atoms with E-state index in [-0.39, 0.29) is 6.61 Å². The Hall–Kier alpha value is -4.90. The number of rotatable bonds is 9. The van der Waals surface area contributed by atoms with Gasteiger partial charge < -0.3 is 14.5 Å². The van der Waals surface area contributed by atoms with Crippen LogP contribution in [0.5, 0.6) is 11.5 Å². The summed E-state index contributed by atoms with van der Waals surface area (Å²) in [5, 5.41) is 13.9. The van der Waals surface area contributed by atoms with Crippen molar-refractivity contribution >= 4 is 17.1 Å². The Bertz CT molecular complexity index is 1610. The van der Waals surface area contributed by atoms with Gasteiger partial charge in [0.2, 0.25) is 0 Å². The Morgan fingerprint density at radius 2 is 1.86 bits per heavy atom. The van der Waals surface area contributed by atoms with Gasteiger partial charge in [0.25, 0.3) is 5.56 Å². The third-order valence-electron chi connectivity index (χ3n) is 5.43. The Balaban J connectivity index is 1.72. The largest absolute Gasteiger partial charge is 0.490 e. The van der Waals surface area contributed by atoms with Crippen LogP contribution >= 0.6 is 0 Å². The molecule has 4 aromatic rings. The number of nitrogens with zero attached hydrogens (tertiary/aromatic N) is 3. The van der Waals surface area contributed by atoms with Gasteiger partial charge in [-0.15, -0.1) is 11.3 Å². The predicted molar refractivity (Wildman–Crippen MR) is 139 cm³/mol. The highest BCUT2D eigenvalue weighted by atomic mass is 16.5. The zero-order valence-electron chi connectivity index (χ0n) is 19.7. The van der Waals surface area contributed by atoms with E-state index in [4.69, 9.17) is 9.47 Å². The van der Waals surface area contributed by atoms with Gasteiger partial charge in [-0.25, -0.2) is 4.79 Å². The van der Waals surface area contributed by atoms with E-state index in [1.165, 1.54) is 6.21 Å². The Morgan fingerprint density at radius 3 is 2.64 bits per heavy atom. The molecule has 4 rings (SSSR count). The summed E-state index contributed by atoms with van der Waals surface area (Å²) >= 11 is 0. The number of ether oxygens (including phenoxy) is 2. The number of hydrogen-bond donors (Lipinski definition) is 1. The van der Waals surface area contributed by atoms with Gasteiger partial charge in [0.15, 0.2) is 11.5 Å². The van der Waals surface area contributed by atoms with Crippen molar-refractivity contribution in [3.05, 3.63) is 116 Å². The summed E-state index contributed by atoms with van der Waals surface area (Å²) in [5.41, 5.74) is 1.99. The number of para-hydroxylation sites is 1. The molecule has 0 bridgehead atoms. The minimum absolute atomic E-state index is 0.184. The molecule has 0 fully saturated rings. The molecule has 36 heavy (non-hydrogen) atoms. The lowest BCUT2D eigenvalue weighted by atomic mass is 10.1. The van der Waals surface area contributed by atoms with Gasteiger partial charge in [-0.1, -0.05) is 36.4 Å². The molecule has 0 atom stereocenters. The average molecular weight is 481 g/mol. The molecule has 0 aliphatic carbocycles. The maximum Gasteiger partial charge on any atom is 0.349 e. The standard InChI is InChI=1S/C28H24N4O4/c1-3-9-20-14-19(17-30-32-27(33)23-12-7-8-13-24(23)31-28(32)34)15-25(35-4-2)26(20)36-18-22-11-6-5-10-21(22)16-29/h3,5-8,10-15,17H,1,4,9,18H2,2H3,(H,31,34). The Morgan fingerprint density at radius 1 is 1.08 bits per heavy atom. The molecule has 1 aromatic heterocycles. The van der Waals surface area contributed by atoms with Gasteiger partial charge in [-0.05, 0) is 49.2 Å². The zero-order chi connectivity index (χ0) is 25.5. The minimum atomic E-state index is -0.637. The third kappa shape index (κ3) is 5.10. The van der Waals surface area contributed by atoms with Gasteiger partial charge in [-0.3, -0.25) is 4.79 Å². The molecular weight excluding hydrogens is 456 g/mol. The lowest BCUT2D eigenvalue weighted by Gasteiger charge is -2.17. The predicted octanol–water partition coefficient (Wildman–Crippen LogP) is 4.15. The van der Waals surface area contributed by atoms with Gasteiger partial charge in [0.1, 0.15) is 6.61 Å². The van der Waals surface area contributed by atoms with Crippen molar-refractivity contribution < 1.29 is 9.47 Å². The highest BCUT2D eigenvalue weighted by Gasteiger charge is 2.14. The molecule has 1 N–H and O–H groups in total. The highest BCUT2D eigenvalue weighted by Crippen LogP contribution is 2.34. The SMILES string of the molecule is C=CCc1cc(C=Nn2c(=O)[nH]c3ccccc3c2=O)cc(OCC)c1OCc1ccccc1C#N. The third-order valence-corrected chi connectivity index (χ3v) is 5.43. The topological polar surface area (TPSA) is 109 Å². The second-order valence-electron chi connectivity index (χ2n) is 7.83. The second-order valence-corrected chi connectivity index (χ2v) is 7.83. The monoisotopic (exact) mass is 480 g/mol. The normalized spacial score (nSPS) is 10.9. The first-order valence-corrected chi connectivity index (χ1v) is 11.4. The van der Waals surface area contributed by atoms with E-state index >= 15 is 0 Å². The fourth-order valence-electron chi connectivity index (χ4n) is 3.78. The summed E-state index contributed by atoms with van der Waals surface area (Å²) in [7, 11) is 0. The summed E-state index contributed by atoms with van der Waals surface area (Å²) in [6.45, 7) is 6.26. The van der Waals surface area contributed by atoms with E-state index in [1.807, 2.05) is 25.1 Å². The number of fused-ring (bicyclic) bond motifs is 1. The first kappa shape index (κ1) is 24.2. The van der Waals surface area contributed by atoms with Crippen LogP contribution in [0.4, 0.5) is 0 Å². The minimum Gasteiger partial charge on any atom is -0.490 e. The number of hydrogen-bond acceptors (Lipinski definition) is 6. The fourth-order valence-corrected chi connectivity index (χ4v) is 3.78. The van der Waals surface area contributed by atoms with Crippen molar-refractivity contribution in [3.8, 4) is 17.6 Å². The summed E-state index contributed by atoms with van der Waals surface area (Å²) in [6.07, 6.45) is 3.64. The van der Waals surface area contributed by atoms with Crippen LogP contribution in [0.1, 0.15) is 29.2 Å². The van der Waals surface area contributed by atoms with Crippen LogP contribution in [-0.2, 0) is 13.0 Å². The Kier molecular flexibility index (Phi) is 7.42. The molecule has 0 aliphatic rings. The molecule has 0 radical (unpaired) electrons. The van der Waals surface area contributed by atoms with Crippen molar-refractivity contribution in [2.24, 2.45) is 5.10 Å². The molecule has 0 saturated heterocycles. The van der Waals surface area contributed by atoms with Crippen molar-refractivity contribution in [3.63, 3.8) is 0 Å². The van der Waals surface area contributed by atoms with Crippen LogP contribution in [0, 0.1) is 11.3 Å². The van der Waals surface area contributed by atoms with E-state index in [9.17, 15) is 14.9 Å². The number of aromatic amines is 1. The molecule has 0 aliphatic heterocycles. The molecule has 1 heterocycles. The van der Waals surface area contributed by atoms with Crippen LogP contribution in [-0.4, -0.2) is 22.5 Å². The maximum atomic E-state index is 12.8. The van der Waals surface area contributed by atoms with E-state index in [0.717, 1.165) is 15.8 Å². The molecule has 180 valence electrons. The van der Waals surface area contributed by atoms with E-state index in [0.29, 0.717) is 46.6 Å². The molecular formula is C28H24N4O4. The van der Waals surface area contributed by atoms with Crippen molar-refractivity contribution in [2.75, 3.05) is 6.61 Å². The summed E-state index contributed by atoms with van der Waals surface area (Å²) in [6, 6.07) is 19.7. The number of nitriles is 1. The lowest BCUT2D eigenvalue weighted by Crippen LogP contribution is -2.32. The molecule has 0 amide bonds. The lowest BCUT2D eigenvalue weighted by molar-refractivity contribution is 0.267. The van der Waals surface area contributed by atoms with Gasteiger partial charge in [0.05, 0.1) is 35.4 Å². The zero-order valence-corrected chi connectivity index (χ0v) is 19.7. The smallest absolute Gasteiger partial charge is 0.349 e. The first-order valence-electron chi connectivity index (χ1n) is 11.4. The summed E-state index contributed by atoms with van der Waals surface area (Å²) in [4.78, 5) is 27.9. The maximum absolute atomic E-state index is 12.8. The van der Waals surface area contributed by atoms with Crippen LogP contribution in [0.3, 0.4) is 0 Å². The quantitative estimate of drug-likeness (QED) is 0.286. The van der Waals surface area contributed by atoms with Gasteiger partial charge >= 0.3 is 5.69 Å². The molecule has 8 heteroatoms. The number of benzene rings is 3. The van der Waals surface area contributed by atoms with Crippen molar-refractivity contribution in [2.45, 2.75) is 20.0 Å². The van der Waals surface area contributed by atoms with E-state index < -0.39 is 11.2 Å². The van der Waals surface area contributed by atoms with Crippen molar-refractivity contribution in [1.82, 2.24) is 9.66 Å². The first-order chi connectivity index (χ1) is 17.5. The molecule has 8 nitrogen and oxygen atoms in total. The fraction of sp³-hybridized carbons (Fsp3) is 0.143. The van der Waals surface area contributed by atoms with E-state index in [2.05, 4.69) is 22.7 Å². The number of nitrogens with one attached hydrogen (secondary N) is 1. The highest BCUT2D eigenvalue weighted by molar-refractivity contribution is 5.82. The van der Waals surface area contributed by atoms with Crippen LogP contribution < -0.4 is 20.7 Å². The van der Waals surface area contributed by atoms with Gasteiger partial charge in [0, 0.05) is 11.1 Å². The van der Waals surface area contributed by atoms with Crippen molar-refractivity contribution in [1.29, 1.82) is 5.26 Å². The van der Waals surface area contributed by atoms with Gasteiger partial charge in [-0.2, -0.15) is 10.4 Å². The summed E-state index contributed by atoms with van der Waals surface area (Å²) < 4.78 is 12.8. The molecule has 0 unspecified atom stereocenters. The molecule has 0 saturated carbocycles. The van der Waals surface area contributed by atoms with E-state index in [1.54, 1.807) is 48.5 Å². The molecule has 0 spiro atoms. The average Bonchev–Trinajstić information content (AvgIpc) is 2.88. The van der Waals surface area contributed by atoms with Crippen LogP contribution in [0.15, 0.2) is 88.0 Å². The van der Waals surface area contributed by atoms with Crippen LogP contribution in [0.2, 0.25) is 0 Å². The molecule has 3 aromatic carbocycles. The number of H-pyrrole nitrogens is 1. The number of aromatic nitrogens is 2. The summed E-state index contributed by atoms with van der Waals surface area (Å²) in [5.74, 6) is 1.01. The van der Waals surface area contributed by atoms with Crippen LogP contribution in [0.25, 0.3) is 10.9 Å². The Labute approximate surface area is 207 Å². The second kappa shape index (κ2) is 11.0.